The lowest BCUT2D eigenvalue weighted by Gasteiger charge is -2.22. The molecule has 21 heavy (non-hydrogen) atoms. The molecule has 1 aromatic heterocycles. The molecule has 0 saturated heterocycles. The van der Waals surface area contributed by atoms with Gasteiger partial charge in [0.15, 0.2) is 0 Å². The number of carboxylic acids is 1. The third-order valence-electron chi connectivity index (χ3n) is 2.80. The molecule has 0 radical (unpaired) electrons. The lowest BCUT2D eigenvalue weighted by atomic mass is 10.1. The summed E-state index contributed by atoms with van der Waals surface area (Å²) in [6.45, 7) is -2.63. The van der Waals surface area contributed by atoms with Crippen LogP contribution >= 0.6 is 0 Å². The number of amides is 1. The van der Waals surface area contributed by atoms with Crippen LogP contribution in [0.25, 0.3) is 10.9 Å². The van der Waals surface area contributed by atoms with Gasteiger partial charge in [-0.3, -0.25) is 9.59 Å². The van der Waals surface area contributed by atoms with Crippen molar-refractivity contribution in [2.24, 2.45) is 0 Å². The van der Waals surface area contributed by atoms with Crippen molar-refractivity contribution in [3.63, 3.8) is 0 Å². The number of carbonyl (C=O) groups excluding carboxylic acids is 1. The monoisotopic (exact) mass is 300 g/mol. The van der Waals surface area contributed by atoms with Gasteiger partial charge < -0.3 is 15.0 Å². The Morgan fingerprint density at radius 3 is 2.57 bits per heavy atom. The number of halogens is 3. The quantitative estimate of drug-likeness (QED) is 0.909. The fourth-order valence-electron chi connectivity index (χ4n) is 2.01. The van der Waals surface area contributed by atoms with Crippen molar-refractivity contribution in [3.8, 4) is 0 Å². The predicted octanol–water partition coefficient (Wildman–Crippen LogP) is 2.26. The number of nitrogens with one attached hydrogen (secondary N) is 1. The zero-order chi connectivity index (χ0) is 15.6. The van der Waals surface area contributed by atoms with Gasteiger partial charge in [-0.2, -0.15) is 13.2 Å². The first-order valence-corrected chi connectivity index (χ1v) is 5.92. The van der Waals surface area contributed by atoms with Gasteiger partial charge in [0.05, 0.1) is 11.1 Å². The molecule has 0 aliphatic heterocycles. The molecule has 1 aromatic carbocycles. The van der Waals surface area contributed by atoms with Crippen LogP contribution in [0.1, 0.15) is 10.4 Å². The van der Waals surface area contributed by atoms with Crippen LogP contribution in [0, 0.1) is 0 Å². The van der Waals surface area contributed by atoms with Crippen LogP contribution in [0.2, 0.25) is 0 Å². The van der Waals surface area contributed by atoms with Crippen molar-refractivity contribution in [1.82, 2.24) is 9.88 Å². The van der Waals surface area contributed by atoms with E-state index in [2.05, 4.69) is 4.98 Å². The maximum atomic E-state index is 12.5. The van der Waals surface area contributed by atoms with Gasteiger partial charge in [-0.05, 0) is 12.1 Å². The molecule has 0 aliphatic rings. The van der Waals surface area contributed by atoms with E-state index < -0.39 is 31.1 Å². The summed E-state index contributed by atoms with van der Waals surface area (Å²) in [5.74, 6) is -2.49. The number of hydrogen-bond donors (Lipinski definition) is 2. The van der Waals surface area contributed by atoms with Crippen molar-refractivity contribution < 1.29 is 27.9 Å². The Hall–Kier alpha value is -2.51. The highest BCUT2D eigenvalue weighted by atomic mass is 19.4. The van der Waals surface area contributed by atoms with Gasteiger partial charge in [-0.15, -0.1) is 0 Å². The molecule has 0 atom stereocenters. The second-order valence-corrected chi connectivity index (χ2v) is 4.42. The maximum absolute atomic E-state index is 12.5. The number of aliphatic carboxylic acids is 1. The number of alkyl halides is 3. The number of carboxylic acid groups (broad SMARTS) is 1. The SMILES string of the molecule is O=C(O)CN(CC(F)(F)F)C(=O)c1cccc2cc[nH]c12. The molecule has 2 rings (SSSR count). The first-order valence-electron chi connectivity index (χ1n) is 5.92. The first kappa shape index (κ1) is 14.9. The molecule has 8 heteroatoms. The van der Waals surface area contributed by atoms with Crippen LogP contribution in [-0.4, -0.2) is 46.1 Å². The topological polar surface area (TPSA) is 73.4 Å². The van der Waals surface area contributed by atoms with E-state index >= 15 is 0 Å². The number of H-pyrrole nitrogens is 1. The summed E-state index contributed by atoms with van der Waals surface area (Å²) in [7, 11) is 0. The van der Waals surface area contributed by atoms with Crippen LogP contribution in [0.5, 0.6) is 0 Å². The van der Waals surface area contributed by atoms with E-state index in [1.165, 1.54) is 12.1 Å². The van der Waals surface area contributed by atoms with Crippen molar-refractivity contribution in [1.29, 1.82) is 0 Å². The van der Waals surface area contributed by atoms with Crippen LogP contribution in [0.4, 0.5) is 13.2 Å². The van der Waals surface area contributed by atoms with Crippen LogP contribution < -0.4 is 0 Å². The highest BCUT2D eigenvalue weighted by Gasteiger charge is 2.34. The molecule has 5 nitrogen and oxygen atoms in total. The standard InChI is InChI=1S/C13H11F3N2O3/c14-13(15,16)7-18(6-10(19)20)12(21)9-3-1-2-8-4-5-17-11(8)9/h1-5,17H,6-7H2,(H,19,20). The molecule has 0 unspecified atom stereocenters. The van der Waals surface area contributed by atoms with Gasteiger partial charge in [0.2, 0.25) is 0 Å². The number of hydrogen-bond acceptors (Lipinski definition) is 2. The Balaban J connectivity index is 2.37. The van der Waals surface area contributed by atoms with Crippen LogP contribution in [0.3, 0.4) is 0 Å². The number of fused-ring (bicyclic) bond motifs is 1. The van der Waals surface area contributed by atoms with Gasteiger partial charge in [0, 0.05) is 11.6 Å². The van der Waals surface area contributed by atoms with Gasteiger partial charge in [-0.25, -0.2) is 0 Å². The molecular formula is C13H11F3N2O3. The lowest BCUT2D eigenvalue weighted by Crippen LogP contribution is -2.42. The number of aromatic nitrogens is 1. The van der Waals surface area contributed by atoms with Crippen molar-refractivity contribution in [2.45, 2.75) is 6.18 Å². The van der Waals surface area contributed by atoms with Gasteiger partial charge in [-0.1, -0.05) is 12.1 Å². The zero-order valence-corrected chi connectivity index (χ0v) is 10.6. The molecule has 112 valence electrons. The van der Waals surface area contributed by atoms with Gasteiger partial charge in [0.1, 0.15) is 13.1 Å². The minimum absolute atomic E-state index is 0.00278. The van der Waals surface area contributed by atoms with E-state index in [9.17, 15) is 22.8 Å². The van der Waals surface area contributed by atoms with E-state index in [1.807, 2.05) is 0 Å². The van der Waals surface area contributed by atoms with Gasteiger partial charge >= 0.3 is 12.1 Å². The molecule has 0 aliphatic carbocycles. The number of para-hydroxylation sites is 1. The number of carbonyl (C=O) groups is 2. The van der Waals surface area contributed by atoms with E-state index in [-0.39, 0.29) is 10.5 Å². The van der Waals surface area contributed by atoms with Crippen molar-refractivity contribution in [3.05, 3.63) is 36.0 Å². The third-order valence-corrected chi connectivity index (χ3v) is 2.80. The minimum atomic E-state index is -4.67. The molecule has 0 spiro atoms. The van der Waals surface area contributed by atoms with E-state index in [0.29, 0.717) is 10.9 Å². The highest BCUT2D eigenvalue weighted by Crippen LogP contribution is 2.22. The normalized spacial score (nSPS) is 11.6. The molecule has 1 amide bonds. The smallest absolute Gasteiger partial charge is 0.406 e. The first-order chi connectivity index (χ1) is 9.78. The Morgan fingerprint density at radius 1 is 1.24 bits per heavy atom. The molecule has 2 N–H and O–H groups in total. The van der Waals surface area contributed by atoms with Crippen molar-refractivity contribution in [2.75, 3.05) is 13.1 Å². The minimum Gasteiger partial charge on any atom is -0.480 e. The maximum Gasteiger partial charge on any atom is 0.406 e. The van der Waals surface area contributed by atoms with Crippen LogP contribution in [0.15, 0.2) is 30.5 Å². The number of benzene rings is 1. The van der Waals surface area contributed by atoms with E-state index in [0.717, 1.165) is 0 Å². The summed E-state index contributed by atoms with van der Waals surface area (Å²) in [6, 6.07) is 6.23. The summed E-state index contributed by atoms with van der Waals surface area (Å²) in [6.07, 6.45) is -3.12. The third kappa shape index (κ3) is 3.53. The number of nitrogens with zero attached hydrogens (tertiary/aromatic N) is 1. The predicted molar refractivity (Wildman–Crippen MR) is 67.9 cm³/mol. The summed E-state index contributed by atoms with van der Waals surface area (Å²) in [5.41, 5.74) is 0.378. The second-order valence-electron chi connectivity index (χ2n) is 4.42. The fraction of sp³-hybridized carbons (Fsp3) is 0.231. The van der Waals surface area contributed by atoms with E-state index in [4.69, 9.17) is 5.11 Å². The number of rotatable bonds is 4. The zero-order valence-electron chi connectivity index (χ0n) is 10.6. The highest BCUT2D eigenvalue weighted by molar-refractivity contribution is 6.06. The Labute approximate surface area is 117 Å². The van der Waals surface area contributed by atoms with Crippen LogP contribution in [-0.2, 0) is 4.79 Å². The fourth-order valence-corrected chi connectivity index (χ4v) is 2.01. The Morgan fingerprint density at radius 2 is 1.95 bits per heavy atom. The second kappa shape index (κ2) is 5.47. The van der Waals surface area contributed by atoms with E-state index in [1.54, 1.807) is 18.3 Å². The number of aromatic amines is 1. The summed E-state index contributed by atoms with van der Waals surface area (Å²) >= 11 is 0. The Kier molecular flexibility index (Phi) is 3.88. The Bertz CT molecular complexity index is 679. The summed E-state index contributed by atoms with van der Waals surface area (Å²) in [5, 5.41) is 9.34. The molecule has 2 aromatic rings. The lowest BCUT2D eigenvalue weighted by molar-refractivity contribution is -0.149. The largest absolute Gasteiger partial charge is 0.480 e. The summed E-state index contributed by atoms with van der Waals surface area (Å²) in [4.78, 5) is 25.9. The molecular weight excluding hydrogens is 289 g/mol. The molecule has 1 heterocycles. The average Bonchev–Trinajstić information content (AvgIpc) is 2.82. The van der Waals surface area contributed by atoms with Crippen molar-refractivity contribution >= 4 is 22.8 Å². The molecule has 0 saturated carbocycles. The molecule has 0 bridgehead atoms. The molecule has 0 fully saturated rings. The summed E-state index contributed by atoms with van der Waals surface area (Å²) < 4.78 is 37.5. The van der Waals surface area contributed by atoms with Gasteiger partial charge in [0.25, 0.3) is 5.91 Å². The average molecular weight is 300 g/mol.